The van der Waals surface area contributed by atoms with Gasteiger partial charge in [0.2, 0.25) is 11.8 Å². The van der Waals surface area contributed by atoms with Crippen molar-refractivity contribution in [2.75, 3.05) is 30.0 Å². The first-order valence-electron chi connectivity index (χ1n) is 7.39. The monoisotopic (exact) mass is 302 g/mol. The molecule has 0 N–H and O–H groups in total. The summed E-state index contributed by atoms with van der Waals surface area (Å²) in [7, 11) is 1.33. The van der Waals surface area contributed by atoms with Gasteiger partial charge in [-0.3, -0.25) is 14.4 Å². The minimum Gasteiger partial charge on any atom is -0.469 e. The highest BCUT2D eigenvalue weighted by atomic mass is 16.5. The van der Waals surface area contributed by atoms with Crippen molar-refractivity contribution in [3.8, 4) is 0 Å². The molecule has 0 aromatic heterocycles. The summed E-state index contributed by atoms with van der Waals surface area (Å²) in [6.07, 6.45) is 1.59. The molecule has 6 nitrogen and oxygen atoms in total. The Morgan fingerprint density at radius 1 is 1.18 bits per heavy atom. The van der Waals surface area contributed by atoms with Crippen LogP contribution < -0.4 is 9.80 Å². The first kappa shape index (κ1) is 14.6. The highest BCUT2D eigenvalue weighted by molar-refractivity contribution is 6.01. The van der Waals surface area contributed by atoms with Crippen LogP contribution in [-0.2, 0) is 19.1 Å². The summed E-state index contributed by atoms with van der Waals surface area (Å²) >= 11 is 0. The number of rotatable bonds is 3. The zero-order valence-electron chi connectivity index (χ0n) is 12.4. The molecule has 2 aliphatic rings. The Kier molecular flexibility index (Phi) is 3.83. The van der Waals surface area contributed by atoms with E-state index >= 15 is 0 Å². The molecule has 22 heavy (non-hydrogen) atoms. The van der Waals surface area contributed by atoms with Crippen molar-refractivity contribution in [2.45, 2.75) is 19.3 Å². The Bertz CT molecular complexity index is 628. The van der Waals surface area contributed by atoms with Crippen LogP contribution in [0.2, 0.25) is 0 Å². The van der Waals surface area contributed by atoms with Crippen LogP contribution in [0.3, 0.4) is 0 Å². The number of carbonyl (C=O) groups is 3. The van der Waals surface area contributed by atoms with Gasteiger partial charge in [0.15, 0.2) is 0 Å². The molecule has 6 heteroatoms. The smallest absolute Gasteiger partial charge is 0.311 e. The lowest BCUT2D eigenvalue weighted by molar-refractivity contribution is -0.145. The third-order valence-corrected chi connectivity index (χ3v) is 4.19. The van der Waals surface area contributed by atoms with Crippen molar-refractivity contribution in [1.82, 2.24) is 0 Å². The summed E-state index contributed by atoms with van der Waals surface area (Å²) in [5, 5.41) is 0. The van der Waals surface area contributed by atoms with Gasteiger partial charge in [0, 0.05) is 37.3 Å². The van der Waals surface area contributed by atoms with E-state index in [1.54, 1.807) is 9.80 Å². The minimum atomic E-state index is -0.422. The quantitative estimate of drug-likeness (QED) is 0.790. The maximum absolute atomic E-state index is 12.1. The van der Waals surface area contributed by atoms with E-state index in [9.17, 15) is 14.4 Å². The lowest BCUT2D eigenvalue weighted by Gasteiger charge is -2.20. The molecule has 2 amide bonds. The maximum atomic E-state index is 12.1. The number of nitrogens with zero attached hydrogens (tertiary/aromatic N) is 2. The fraction of sp³-hybridized carbons (Fsp3) is 0.438. The maximum Gasteiger partial charge on any atom is 0.311 e. The molecule has 1 atom stereocenters. The third-order valence-electron chi connectivity index (χ3n) is 4.19. The molecule has 1 unspecified atom stereocenters. The SMILES string of the molecule is COC(=O)C1CC(=O)N(c2cccc(N3CCCC3=O)c2)C1. The number of hydrogen-bond acceptors (Lipinski definition) is 4. The van der Waals surface area contributed by atoms with Crippen molar-refractivity contribution in [1.29, 1.82) is 0 Å². The van der Waals surface area contributed by atoms with Crippen molar-refractivity contribution in [2.24, 2.45) is 5.92 Å². The van der Waals surface area contributed by atoms with Crippen LogP contribution in [0.5, 0.6) is 0 Å². The molecule has 0 saturated carbocycles. The van der Waals surface area contributed by atoms with Gasteiger partial charge >= 0.3 is 5.97 Å². The summed E-state index contributed by atoms with van der Waals surface area (Å²) in [5.41, 5.74) is 1.52. The van der Waals surface area contributed by atoms with Gasteiger partial charge in [0.05, 0.1) is 13.0 Å². The summed E-state index contributed by atoms with van der Waals surface area (Å²) in [6.45, 7) is 1.03. The number of esters is 1. The molecule has 1 aromatic rings. The number of ether oxygens (including phenoxy) is 1. The molecular weight excluding hydrogens is 284 g/mol. The Labute approximate surface area is 128 Å². The average molecular weight is 302 g/mol. The normalized spacial score (nSPS) is 21.6. The van der Waals surface area contributed by atoms with Crippen LogP contribution in [-0.4, -0.2) is 38.0 Å². The molecule has 0 bridgehead atoms. The Morgan fingerprint density at radius 2 is 1.91 bits per heavy atom. The second-order valence-corrected chi connectivity index (χ2v) is 5.60. The zero-order valence-corrected chi connectivity index (χ0v) is 12.4. The lowest BCUT2D eigenvalue weighted by atomic mass is 10.1. The number of hydrogen-bond donors (Lipinski definition) is 0. The summed E-state index contributed by atoms with van der Waals surface area (Å²) < 4.78 is 4.72. The van der Waals surface area contributed by atoms with E-state index in [2.05, 4.69) is 0 Å². The highest BCUT2D eigenvalue weighted by Gasteiger charge is 2.36. The molecule has 1 aromatic carbocycles. The third kappa shape index (κ3) is 2.56. The molecule has 0 aliphatic carbocycles. The van der Waals surface area contributed by atoms with Crippen LogP contribution in [0.25, 0.3) is 0 Å². The molecule has 2 heterocycles. The van der Waals surface area contributed by atoms with E-state index in [0.29, 0.717) is 25.2 Å². The van der Waals surface area contributed by atoms with Crippen LogP contribution in [0.1, 0.15) is 19.3 Å². The second-order valence-electron chi connectivity index (χ2n) is 5.60. The summed E-state index contributed by atoms with van der Waals surface area (Å²) in [5.74, 6) is -0.770. The van der Waals surface area contributed by atoms with E-state index in [-0.39, 0.29) is 24.2 Å². The molecule has 2 fully saturated rings. The Hall–Kier alpha value is -2.37. The Balaban J connectivity index is 1.82. The van der Waals surface area contributed by atoms with Gasteiger partial charge in [-0.25, -0.2) is 0 Å². The lowest BCUT2D eigenvalue weighted by Crippen LogP contribution is -2.27. The standard InChI is InChI=1S/C16H18N2O4/c1-22-16(21)11-8-15(20)18(10-11)13-5-2-4-12(9-13)17-7-3-6-14(17)19/h2,4-5,9,11H,3,6-8,10H2,1H3. The van der Waals surface area contributed by atoms with E-state index in [1.165, 1.54) is 7.11 Å². The Morgan fingerprint density at radius 3 is 2.55 bits per heavy atom. The number of anilines is 2. The fourth-order valence-corrected chi connectivity index (χ4v) is 3.03. The van der Waals surface area contributed by atoms with Gasteiger partial charge in [-0.05, 0) is 24.6 Å². The number of carbonyl (C=O) groups excluding carboxylic acids is 3. The summed E-state index contributed by atoms with van der Waals surface area (Å²) in [6, 6.07) is 7.35. The summed E-state index contributed by atoms with van der Waals surface area (Å²) in [4.78, 5) is 38.9. The zero-order chi connectivity index (χ0) is 15.7. The van der Waals surface area contributed by atoms with Crippen LogP contribution in [0.4, 0.5) is 11.4 Å². The van der Waals surface area contributed by atoms with Gasteiger partial charge in [-0.15, -0.1) is 0 Å². The molecule has 2 aliphatic heterocycles. The largest absolute Gasteiger partial charge is 0.469 e. The highest BCUT2D eigenvalue weighted by Crippen LogP contribution is 2.30. The predicted molar refractivity (Wildman–Crippen MR) is 80.5 cm³/mol. The number of methoxy groups -OCH3 is 1. The van der Waals surface area contributed by atoms with Crippen LogP contribution >= 0.6 is 0 Å². The van der Waals surface area contributed by atoms with Crippen molar-refractivity contribution in [3.63, 3.8) is 0 Å². The van der Waals surface area contributed by atoms with Crippen molar-refractivity contribution < 1.29 is 19.1 Å². The molecule has 0 spiro atoms. The molecule has 3 rings (SSSR count). The van der Waals surface area contributed by atoms with Gasteiger partial charge in [-0.2, -0.15) is 0 Å². The molecule has 116 valence electrons. The topological polar surface area (TPSA) is 66.9 Å². The average Bonchev–Trinajstić information content (AvgIpc) is 3.12. The predicted octanol–water partition coefficient (Wildman–Crippen LogP) is 1.34. The van der Waals surface area contributed by atoms with Gasteiger partial charge in [-0.1, -0.05) is 6.07 Å². The first-order valence-corrected chi connectivity index (χ1v) is 7.39. The molecular formula is C16H18N2O4. The van der Waals surface area contributed by atoms with Gasteiger partial charge in [0.25, 0.3) is 0 Å². The van der Waals surface area contributed by atoms with Crippen LogP contribution in [0, 0.1) is 5.92 Å². The fourth-order valence-electron chi connectivity index (χ4n) is 3.03. The second kappa shape index (κ2) is 5.79. The van der Waals surface area contributed by atoms with E-state index in [4.69, 9.17) is 4.74 Å². The van der Waals surface area contributed by atoms with Crippen LogP contribution in [0.15, 0.2) is 24.3 Å². The van der Waals surface area contributed by atoms with Gasteiger partial charge < -0.3 is 14.5 Å². The van der Waals surface area contributed by atoms with E-state index in [1.807, 2.05) is 24.3 Å². The van der Waals surface area contributed by atoms with Gasteiger partial charge in [0.1, 0.15) is 0 Å². The first-order chi connectivity index (χ1) is 10.6. The van der Waals surface area contributed by atoms with E-state index < -0.39 is 5.92 Å². The van der Waals surface area contributed by atoms with Crippen molar-refractivity contribution >= 4 is 29.2 Å². The molecule has 2 saturated heterocycles. The molecule has 0 radical (unpaired) electrons. The van der Waals surface area contributed by atoms with E-state index in [0.717, 1.165) is 12.1 Å². The van der Waals surface area contributed by atoms with Crippen molar-refractivity contribution in [3.05, 3.63) is 24.3 Å². The minimum absolute atomic E-state index is 0.0969. The number of amides is 2. The number of benzene rings is 1.